The zero-order chi connectivity index (χ0) is 17.0. The Morgan fingerprint density at radius 3 is 2.52 bits per heavy atom. The van der Waals surface area contributed by atoms with E-state index in [4.69, 9.17) is 4.52 Å². The highest BCUT2D eigenvalue weighted by Crippen LogP contribution is 2.18. The van der Waals surface area contributed by atoms with Crippen LogP contribution < -0.4 is 10.6 Å². The van der Waals surface area contributed by atoms with Gasteiger partial charge in [0.2, 0.25) is 5.91 Å². The van der Waals surface area contributed by atoms with Gasteiger partial charge in [-0.3, -0.25) is 9.59 Å². The molecule has 0 aliphatic heterocycles. The number of rotatable bonds is 5. The SMILES string of the molecule is CNC(=O)c1ccc(NC(=O)CCc2c(C)noc2C)c(C)c1. The highest BCUT2D eigenvalue weighted by atomic mass is 16.5. The number of nitrogens with zero attached hydrogens (tertiary/aromatic N) is 1. The normalized spacial score (nSPS) is 10.4. The Bertz CT molecular complexity index is 715. The van der Waals surface area contributed by atoms with Crippen molar-refractivity contribution in [1.29, 1.82) is 0 Å². The molecule has 2 amide bonds. The largest absolute Gasteiger partial charge is 0.361 e. The number of aryl methyl sites for hydroxylation is 3. The summed E-state index contributed by atoms with van der Waals surface area (Å²) < 4.78 is 5.09. The van der Waals surface area contributed by atoms with Crippen LogP contribution in [0.5, 0.6) is 0 Å². The van der Waals surface area contributed by atoms with E-state index >= 15 is 0 Å². The van der Waals surface area contributed by atoms with E-state index in [0.29, 0.717) is 24.1 Å². The molecule has 0 aliphatic rings. The molecule has 23 heavy (non-hydrogen) atoms. The number of carbonyl (C=O) groups is 2. The fourth-order valence-electron chi connectivity index (χ4n) is 2.40. The minimum atomic E-state index is -0.149. The van der Waals surface area contributed by atoms with E-state index in [9.17, 15) is 9.59 Å². The van der Waals surface area contributed by atoms with Crippen molar-refractivity contribution in [3.63, 3.8) is 0 Å². The molecular formula is C17H21N3O3. The van der Waals surface area contributed by atoms with Crippen molar-refractivity contribution < 1.29 is 14.1 Å². The maximum atomic E-state index is 12.1. The molecule has 0 unspecified atom stereocenters. The summed E-state index contributed by atoms with van der Waals surface area (Å²) in [7, 11) is 1.59. The van der Waals surface area contributed by atoms with Crippen LogP contribution in [0, 0.1) is 20.8 Å². The number of aromatic nitrogens is 1. The van der Waals surface area contributed by atoms with Gasteiger partial charge in [-0.25, -0.2) is 0 Å². The van der Waals surface area contributed by atoms with Crippen molar-refractivity contribution in [2.75, 3.05) is 12.4 Å². The highest BCUT2D eigenvalue weighted by molar-refractivity contribution is 5.96. The van der Waals surface area contributed by atoms with Crippen molar-refractivity contribution >= 4 is 17.5 Å². The van der Waals surface area contributed by atoms with Crippen molar-refractivity contribution in [1.82, 2.24) is 10.5 Å². The lowest BCUT2D eigenvalue weighted by atomic mass is 10.1. The Morgan fingerprint density at radius 1 is 1.22 bits per heavy atom. The molecule has 1 heterocycles. The summed E-state index contributed by atoms with van der Waals surface area (Å²) in [6, 6.07) is 5.19. The van der Waals surface area contributed by atoms with Crippen molar-refractivity contribution in [3.05, 3.63) is 46.3 Å². The van der Waals surface area contributed by atoms with Crippen LogP contribution in [0.25, 0.3) is 0 Å². The number of anilines is 1. The lowest BCUT2D eigenvalue weighted by molar-refractivity contribution is -0.116. The fourth-order valence-corrected chi connectivity index (χ4v) is 2.40. The number of amides is 2. The Morgan fingerprint density at radius 2 is 1.96 bits per heavy atom. The van der Waals surface area contributed by atoms with E-state index < -0.39 is 0 Å². The maximum absolute atomic E-state index is 12.1. The van der Waals surface area contributed by atoms with Crippen LogP contribution in [0.1, 0.15) is 39.4 Å². The lowest BCUT2D eigenvalue weighted by Crippen LogP contribution is -2.18. The summed E-state index contributed by atoms with van der Waals surface area (Å²) in [5.74, 6) is 0.520. The molecule has 0 saturated heterocycles. The van der Waals surface area contributed by atoms with E-state index in [-0.39, 0.29) is 11.8 Å². The molecule has 1 aromatic heterocycles. The molecule has 2 N–H and O–H groups in total. The molecule has 0 bridgehead atoms. The Kier molecular flexibility index (Phi) is 5.16. The topological polar surface area (TPSA) is 84.2 Å². The molecule has 2 aromatic rings. The van der Waals surface area contributed by atoms with Crippen molar-refractivity contribution in [2.24, 2.45) is 0 Å². The van der Waals surface area contributed by atoms with Gasteiger partial charge in [0.1, 0.15) is 5.76 Å². The molecule has 6 nitrogen and oxygen atoms in total. The third-order valence-electron chi connectivity index (χ3n) is 3.77. The van der Waals surface area contributed by atoms with Gasteiger partial charge in [0.15, 0.2) is 0 Å². The Hall–Kier alpha value is -2.63. The van der Waals surface area contributed by atoms with Crippen LogP contribution in [0.15, 0.2) is 22.7 Å². The Labute approximate surface area is 135 Å². The van der Waals surface area contributed by atoms with E-state index in [2.05, 4.69) is 15.8 Å². The van der Waals surface area contributed by atoms with Gasteiger partial charge in [-0.1, -0.05) is 5.16 Å². The molecule has 0 atom stereocenters. The van der Waals surface area contributed by atoms with Gasteiger partial charge < -0.3 is 15.2 Å². The van der Waals surface area contributed by atoms with Crippen LogP contribution in [0.3, 0.4) is 0 Å². The smallest absolute Gasteiger partial charge is 0.251 e. The standard InChI is InChI=1S/C17H21N3O3/c1-10-9-13(17(22)18-4)5-7-15(10)19-16(21)8-6-14-11(2)20-23-12(14)3/h5,7,9H,6,8H2,1-4H3,(H,18,22)(H,19,21). The number of carbonyl (C=O) groups excluding carboxylic acids is 2. The zero-order valence-corrected chi connectivity index (χ0v) is 13.8. The third-order valence-corrected chi connectivity index (χ3v) is 3.77. The van der Waals surface area contributed by atoms with Crippen LogP contribution >= 0.6 is 0 Å². The van der Waals surface area contributed by atoms with Gasteiger partial charge in [0.25, 0.3) is 5.91 Å². The molecule has 6 heteroatoms. The predicted molar refractivity (Wildman–Crippen MR) is 87.5 cm³/mol. The fraction of sp³-hybridized carbons (Fsp3) is 0.353. The molecule has 0 aliphatic carbocycles. The molecule has 1 aromatic carbocycles. The summed E-state index contributed by atoms with van der Waals surface area (Å²) in [4.78, 5) is 23.7. The quantitative estimate of drug-likeness (QED) is 0.888. The first kappa shape index (κ1) is 16.7. The summed E-state index contributed by atoms with van der Waals surface area (Å²) >= 11 is 0. The molecule has 2 rings (SSSR count). The second-order valence-corrected chi connectivity index (χ2v) is 5.46. The lowest BCUT2D eigenvalue weighted by Gasteiger charge is -2.10. The van der Waals surface area contributed by atoms with Crippen molar-refractivity contribution in [2.45, 2.75) is 33.6 Å². The van der Waals surface area contributed by atoms with Crippen LogP contribution in [-0.4, -0.2) is 24.0 Å². The first-order valence-electron chi connectivity index (χ1n) is 7.46. The first-order chi connectivity index (χ1) is 10.9. The molecule has 122 valence electrons. The summed E-state index contributed by atoms with van der Waals surface area (Å²) in [6.45, 7) is 5.57. The van der Waals surface area contributed by atoms with E-state index in [0.717, 1.165) is 22.6 Å². The highest BCUT2D eigenvalue weighted by Gasteiger charge is 2.12. The van der Waals surface area contributed by atoms with Gasteiger partial charge in [-0.2, -0.15) is 0 Å². The van der Waals surface area contributed by atoms with Gasteiger partial charge in [0, 0.05) is 30.3 Å². The first-order valence-corrected chi connectivity index (χ1v) is 7.46. The van der Waals surface area contributed by atoms with E-state index in [1.165, 1.54) is 0 Å². The molecule has 0 fully saturated rings. The van der Waals surface area contributed by atoms with Crippen LogP contribution in [0.4, 0.5) is 5.69 Å². The summed E-state index contributed by atoms with van der Waals surface area (Å²) in [6.07, 6.45) is 0.932. The number of benzene rings is 1. The third kappa shape index (κ3) is 3.97. The zero-order valence-electron chi connectivity index (χ0n) is 13.8. The van der Waals surface area contributed by atoms with Gasteiger partial charge >= 0.3 is 0 Å². The minimum Gasteiger partial charge on any atom is -0.361 e. The minimum absolute atomic E-state index is 0.0826. The summed E-state index contributed by atoms with van der Waals surface area (Å²) in [5, 5.41) is 9.33. The van der Waals surface area contributed by atoms with Gasteiger partial charge in [0.05, 0.1) is 5.69 Å². The molecule has 0 saturated carbocycles. The molecule has 0 spiro atoms. The van der Waals surface area contributed by atoms with Crippen LogP contribution in [-0.2, 0) is 11.2 Å². The predicted octanol–water partition coefficient (Wildman–Crippen LogP) is 2.53. The van der Waals surface area contributed by atoms with Gasteiger partial charge in [-0.15, -0.1) is 0 Å². The monoisotopic (exact) mass is 315 g/mol. The second-order valence-electron chi connectivity index (χ2n) is 5.46. The molecule has 0 radical (unpaired) electrons. The van der Waals surface area contributed by atoms with E-state index in [1.807, 2.05) is 20.8 Å². The number of hydrogen-bond donors (Lipinski definition) is 2. The Balaban J connectivity index is 1.99. The second kappa shape index (κ2) is 7.09. The summed E-state index contributed by atoms with van der Waals surface area (Å²) in [5.41, 5.74) is 3.92. The number of hydrogen-bond acceptors (Lipinski definition) is 4. The van der Waals surface area contributed by atoms with Gasteiger partial charge in [-0.05, 0) is 51.0 Å². The molecular weight excluding hydrogens is 294 g/mol. The van der Waals surface area contributed by atoms with Crippen LogP contribution in [0.2, 0.25) is 0 Å². The average molecular weight is 315 g/mol. The number of nitrogens with one attached hydrogen (secondary N) is 2. The average Bonchev–Trinajstić information content (AvgIpc) is 2.85. The van der Waals surface area contributed by atoms with Crippen molar-refractivity contribution in [3.8, 4) is 0 Å². The maximum Gasteiger partial charge on any atom is 0.251 e. The van der Waals surface area contributed by atoms with E-state index in [1.54, 1.807) is 25.2 Å².